The smallest absolute Gasteiger partial charge is 0.394 e. The summed E-state index contributed by atoms with van der Waals surface area (Å²) in [6, 6.07) is 12.3. The lowest BCUT2D eigenvalue weighted by Gasteiger charge is -2.25. The van der Waals surface area contributed by atoms with Crippen LogP contribution >= 0.6 is 0 Å². The first-order chi connectivity index (χ1) is 19.6. The van der Waals surface area contributed by atoms with Crippen LogP contribution in [0.4, 0.5) is 5.69 Å². The number of nitrogens with one attached hydrogen (secondary N) is 2. The Bertz CT molecular complexity index is 1750. The number of nitrogens with zero attached hydrogens (tertiary/aromatic N) is 4. The summed E-state index contributed by atoms with van der Waals surface area (Å²) in [5.74, 6) is -1.84. The molecule has 3 N–H and O–H groups in total. The molecule has 0 aliphatic rings. The summed E-state index contributed by atoms with van der Waals surface area (Å²) in [6.07, 6.45) is 1.38. The number of H-pyrrole nitrogens is 1. The standard InChI is InChI=1S/C27H30N6O7S/c1-4-9-22-29-17(3)23-25(34)30-24(31-33(22)23)20-16-18(12-13-21(20)40-5-2)32(15-14-28-26(35)27(36)37)41(38,39)19-10-7-6-8-11-19/h6-8,10-13,16H,4-5,9,14-15H2,1-3H3,(H,28,35)(H,36,37)(H,30,31,34). The number of aromatic nitrogens is 4. The number of ether oxygens (including phenoxy) is 1. The molecule has 41 heavy (non-hydrogen) atoms. The molecule has 4 rings (SSSR count). The minimum atomic E-state index is -4.16. The van der Waals surface area contributed by atoms with Crippen molar-refractivity contribution in [2.45, 2.75) is 38.5 Å². The van der Waals surface area contributed by atoms with E-state index < -0.39 is 27.5 Å². The molecule has 13 nitrogen and oxygen atoms in total. The molecule has 0 saturated carbocycles. The lowest BCUT2D eigenvalue weighted by Crippen LogP contribution is -2.40. The Morgan fingerprint density at radius 2 is 1.88 bits per heavy atom. The average Bonchev–Trinajstić information content (AvgIpc) is 3.27. The predicted molar refractivity (Wildman–Crippen MR) is 151 cm³/mol. The van der Waals surface area contributed by atoms with E-state index in [0.717, 1.165) is 10.7 Å². The molecule has 0 saturated heterocycles. The van der Waals surface area contributed by atoms with E-state index in [1.54, 1.807) is 38.1 Å². The number of carboxylic acids is 1. The molecule has 0 radical (unpaired) electrons. The number of fused-ring (bicyclic) bond motifs is 1. The van der Waals surface area contributed by atoms with E-state index in [2.05, 4.69) is 20.4 Å². The lowest BCUT2D eigenvalue weighted by molar-refractivity contribution is -0.150. The van der Waals surface area contributed by atoms with Crippen molar-refractivity contribution in [3.8, 4) is 17.1 Å². The number of benzene rings is 2. The van der Waals surface area contributed by atoms with E-state index in [1.807, 2.05) is 6.92 Å². The zero-order valence-electron chi connectivity index (χ0n) is 22.7. The first-order valence-corrected chi connectivity index (χ1v) is 14.4. The van der Waals surface area contributed by atoms with Gasteiger partial charge in [0.15, 0.2) is 11.3 Å². The van der Waals surface area contributed by atoms with E-state index in [4.69, 9.17) is 9.84 Å². The summed E-state index contributed by atoms with van der Waals surface area (Å²) in [6.45, 7) is 5.22. The van der Waals surface area contributed by atoms with Crippen molar-refractivity contribution >= 4 is 33.1 Å². The van der Waals surface area contributed by atoms with E-state index in [9.17, 15) is 22.8 Å². The maximum absolute atomic E-state index is 13.7. The molecule has 14 heteroatoms. The number of hydrogen-bond donors (Lipinski definition) is 3. The molecule has 0 aliphatic carbocycles. The van der Waals surface area contributed by atoms with Gasteiger partial charge in [0.05, 0.1) is 35.0 Å². The molecular formula is C27H30N6O7S. The minimum Gasteiger partial charge on any atom is -0.493 e. The highest BCUT2D eigenvalue weighted by molar-refractivity contribution is 7.92. The molecular weight excluding hydrogens is 552 g/mol. The van der Waals surface area contributed by atoms with Crippen LogP contribution in [0, 0.1) is 6.92 Å². The second-order valence-corrected chi connectivity index (χ2v) is 10.9. The molecule has 2 aromatic carbocycles. The van der Waals surface area contributed by atoms with Gasteiger partial charge in [-0.05, 0) is 50.6 Å². The third-order valence-corrected chi connectivity index (χ3v) is 7.99. The van der Waals surface area contributed by atoms with Gasteiger partial charge in [0, 0.05) is 13.0 Å². The lowest BCUT2D eigenvalue weighted by atomic mass is 10.1. The number of carbonyl (C=O) groups excluding carboxylic acids is 1. The maximum atomic E-state index is 13.7. The molecule has 2 heterocycles. The van der Waals surface area contributed by atoms with Crippen LogP contribution in [-0.2, 0) is 26.0 Å². The quantitative estimate of drug-likeness (QED) is 0.224. The zero-order chi connectivity index (χ0) is 29.7. The Hall–Kier alpha value is -4.72. The van der Waals surface area contributed by atoms with E-state index in [1.165, 1.54) is 28.8 Å². The summed E-state index contributed by atoms with van der Waals surface area (Å²) in [4.78, 5) is 42.9. The van der Waals surface area contributed by atoms with E-state index >= 15 is 0 Å². The van der Waals surface area contributed by atoms with E-state index in [0.29, 0.717) is 34.8 Å². The van der Waals surface area contributed by atoms with Crippen molar-refractivity contribution in [1.82, 2.24) is 24.9 Å². The topological polar surface area (TPSA) is 176 Å². The largest absolute Gasteiger partial charge is 0.493 e. The first-order valence-electron chi connectivity index (χ1n) is 12.9. The van der Waals surface area contributed by atoms with E-state index in [-0.39, 0.29) is 36.1 Å². The fourth-order valence-corrected chi connectivity index (χ4v) is 5.81. The van der Waals surface area contributed by atoms with Gasteiger partial charge in [0.2, 0.25) is 0 Å². The number of carboxylic acid groups (broad SMARTS) is 1. The van der Waals surface area contributed by atoms with Crippen LogP contribution in [0.15, 0.2) is 58.2 Å². The summed E-state index contributed by atoms with van der Waals surface area (Å²) in [5.41, 5.74) is 0.931. The molecule has 1 amide bonds. The highest BCUT2D eigenvalue weighted by Gasteiger charge is 2.27. The normalized spacial score (nSPS) is 11.4. The van der Waals surface area contributed by atoms with Gasteiger partial charge in [0.1, 0.15) is 11.6 Å². The van der Waals surface area contributed by atoms with Crippen LogP contribution in [0.5, 0.6) is 5.75 Å². The van der Waals surface area contributed by atoms with Crippen molar-refractivity contribution in [2.24, 2.45) is 0 Å². The fourth-order valence-electron chi connectivity index (χ4n) is 4.34. The average molecular weight is 583 g/mol. The van der Waals surface area contributed by atoms with Crippen LogP contribution in [-0.4, -0.2) is 64.7 Å². The molecule has 4 aromatic rings. The molecule has 0 atom stereocenters. The number of hydrogen-bond acceptors (Lipinski definition) is 8. The van der Waals surface area contributed by atoms with Gasteiger partial charge in [-0.15, -0.1) is 5.10 Å². The van der Waals surface area contributed by atoms with Gasteiger partial charge in [0.25, 0.3) is 15.6 Å². The Morgan fingerprint density at radius 1 is 1.15 bits per heavy atom. The third kappa shape index (κ3) is 6.06. The van der Waals surface area contributed by atoms with Crippen LogP contribution in [0.3, 0.4) is 0 Å². The SMILES string of the molecule is CCCc1nc(C)c2c(=O)[nH]c(-c3cc(N(CCNC(=O)C(=O)O)S(=O)(=O)c4ccccc4)ccc3OCC)nn12. The molecule has 0 spiro atoms. The Morgan fingerprint density at radius 3 is 2.54 bits per heavy atom. The Labute approximate surface area is 235 Å². The summed E-state index contributed by atoms with van der Waals surface area (Å²) in [5, 5.41) is 15.7. The van der Waals surface area contributed by atoms with Gasteiger partial charge >= 0.3 is 11.9 Å². The number of aromatic amines is 1. The number of sulfonamides is 1. The van der Waals surface area contributed by atoms with Crippen LogP contribution in [0.25, 0.3) is 16.9 Å². The molecule has 0 fully saturated rings. The van der Waals surface area contributed by atoms with Crippen molar-refractivity contribution < 1.29 is 27.9 Å². The fraction of sp³-hybridized carbons (Fsp3) is 0.296. The minimum absolute atomic E-state index is 0.00829. The number of amides is 1. The zero-order valence-corrected chi connectivity index (χ0v) is 23.6. The van der Waals surface area contributed by atoms with Gasteiger partial charge < -0.3 is 20.1 Å². The van der Waals surface area contributed by atoms with Crippen LogP contribution < -0.4 is 19.9 Å². The van der Waals surface area contributed by atoms with Crippen molar-refractivity contribution in [3.05, 3.63) is 70.4 Å². The summed E-state index contributed by atoms with van der Waals surface area (Å²) >= 11 is 0. The summed E-state index contributed by atoms with van der Waals surface area (Å²) in [7, 11) is -4.16. The monoisotopic (exact) mass is 582 g/mol. The molecule has 0 bridgehead atoms. The third-order valence-electron chi connectivity index (χ3n) is 6.15. The Balaban J connectivity index is 1.87. The van der Waals surface area contributed by atoms with Crippen molar-refractivity contribution in [3.63, 3.8) is 0 Å². The number of anilines is 1. The number of carbonyl (C=O) groups is 2. The molecule has 0 aliphatic heterocycles. The highest BCUT2D eigenvalue weighted by atomic mass is 32.2. The molecule has 0 unspecified atom stereocenters. The highest BCUT2D eigenvalue weighted by Crippen LogP contribution is 2.34. The van der Waals surface area contributed by atoms with Crippen LogP contribution in [0.1, 0.15) is 31.8 Å². The predicted octanol–water partition coefficient (Wildman–Crippen LogP) is 2.14. The number of aryl methyl sites for hydroxylation is 2. The summed E-state index contributed by atoms with van der Waals surface area (Å²) < 4.78 is 35.8. The maximum Gasteiger partial charge on any atom is 0.394 e. The van der Waals surface area contributed by atoms with Crippen LogP contribution in [0.2, 0.25) is 0 Å². The second kappa shape index (κ2) is 12.2. The van der Waals surface area contributed by atoms with Gasteiger partial charge in [-0.3, -0.25) is 13.9 Å². The Kier molecular flexibility index (Phi) is 8.71. The van der Waals surface area contributed by atoms with Crippen molar-refractivity contribution in [2.75, 3.05) is 24.0 Å². The van der Waals surface area contributed by atoms with Gasteiger partial charge in [-0.25, -0.2) is 22.7 Å². The number of rotatable bonds is 11. The second-order valence-electron chi connectivity index (χ2n) is 8.99. The van der Waals surface area contributed by atoms with Gasteiger partial charge in [-0.1, -0.05) is 25.1 Å². The number of aliphatic carboxylic acids is 1. The number of imidazole rings is 1. The molecule has 2 aromatic heterocycles. The van der Waals surface area contributed by atoms with Crippen molar-refractivity contribution in [1.29, 1.82) is 0 Å². The first kappa shape index (κ1) is 29.3. The molecule has 216 valence electrons. The van der Waals surface area contributed by atoms with Gasteiger partial charge in [-0.2, -0.15) is 0 Å².